The fraction of sp³-hybridized carbons (Fsp3) is 0.500. The van der Waals surface area contributed by atoms with Gasteiger partial charge in [-0.05, 0) is 33.8 Å². The van der Waals surface area contributed by atoms with Crippen LogP contribution in [0.3, 0.4) is 0 Å². The van der Waals surface area contributed by atoms with E-state index in [0.29, 0.717) is 16.5 Å². The van der Waals surface area contributed by atoms with E-state index in [0.717, 1.165) is 13.0 Å². The molecule has 1 saturated heterocycles. The van der Waals surface area contributed by atoms with E-state index in [1.165, 1.54) is 24.5 Å². The van der Waals surface area contributed by atoms with Gasteiger partial charge in [0.05, 0.1) is 24.8 Å². The number of hydrogen-bond acceptors (Lipinski definition) is 8. The van der Waals surface area contributed by atoms with Gasteiger partial charge in [-0.1, -0.05) is 6.08 Å². The van der Waals surface area contributed by atoms with Crippen LogP contribution in [-0.2, 0) is 14.3 Å². The maximum absolute atomic E-state index is 15.7. The van der Waals surface area contributed by atoms with Crippen LogP contribution in [0.25, 0.3) is 0 Å². The molecule has 1 N–H and O–H groups in total. The molecule has 4 rings (SSSR count). The van der Waals surface area contributed by atoms with Crippen LogP contribution in [0.1, 0.15) is 39.1 Å². The van der Waals surface area contributed by atoms with E-state index in [2.05, 4.69) is 15.3 Å². The lowest BCUT2D eigenvalue weighted by atomic mass is 9.77. The summed E-state index contributed by atoms with van der Waals surface area (Å²) in [7, 11) is 1.17. The Morgan fingerprint density at radius 1 is 1.31 bits per heavy atom. The number of fused-ring (bicyclic) bond motifs is 1. The number of hydrogen-bond donors (Lipinski definition) is 1. The van der Waals surface area contributed by atoms with E-state index in [1.54, 1.807) is 37.2 Å². The third-order valence-corrected chi connectivity index (χ3v) is 6.87. The SMILES string of the molecule is COC(=O)C1=C2C[C@H](NC(=O)OC(C)(C)C)CN2C(c2nccs2)=N[C@H]1C1C=CC(F)=C(F)C1(C)F. The molecular formula is C24H27F3N4O4S. The van der Waals surface area contributed by atoms with Crippen molar-refractivity contribution in [3.63, 3.8) is 0 Å². The molecule has 3 heterocycles. The molecule has 0 saturated carbocycles. The molecule has 4 atom stereocenters. The van der Waals surface area contributed by atoms with Gasteiger partial charge in [-0.2, -0.15) is 0 Å². The minimum Gasteiger partial charge on any atom is -0.466 e. The second kappa shape index (κ2) is 9.38. The zero-order valence-corrected chi connectivity index (χ0v) is 21.3. The molecule has 1 amide bonds. The number of methoxy groups -OCH3 is 1. The van der Waals surface area contributed by atoms with E-state index >= 15 is 4.39 Å². The summed E-state index contributed by atoms with van der Waals surface area (Å²) in [6, 6.07) is -1.71. The lowest BCUT2D eigenvalue weighted by Gasteiger charge is -2.38. The Kier molecular flexibility index (Phi) is 6.76. The Bertz CT molecular complexity index is 1180. The van der Waals surface area contributed by atoms with Crippen molar-refractivity contribution in [3.8, 4) is 0 Å². The Morgan fingerprint density at radius 2 is 2.03 bits per heavy atom. The summed E-state index contributed by atoms with van der Waals surface area (Å²) >= 11 is 1.28. The van der Waals surface area contributed by atoms with E-state index < -0.39 is 53.0 Å². The Morgan fingerprint density at radius 3 is 2.64 bits per heavy atom. The molecule has 0 radical (unpaired) electrons. The second-order valence-corrected chi connectivity index (χ2v) is 10.8. The van der Waals surface area contributed by atoms with E-state index in [-0.39, 0.29) is 18.5 Å². The number of esters is 1. The molecule has 2 aliphatic heterocycles. The van der Waals surface area contributed by atoms with Gasteiger partial charge in [-0.3, -0.25) is 4.99 Å². The Balaban J connectivity index is 1.79. The summed E-state index contributed by atoms with van der Waals surface area (Å²) in [6.07, 6.45) is 3.13. The van der Waals surface area contributed by atoms with Crippen LogP contribution in [0.4, 0.5) is 18.0 Å². The predicted octanol–water partition coefficient (Wildman–Crippen LogP) is 4.36. The zero-order chi connectivity index (χ0) is 26.4. The van der Waals surface area contributed by atoms with Gasteiger partial charge in [-0.25, -0.2) is 27.7 Å². The number of aromatic nitrogens is 1. The molecule has 1 aromatic heterocycles. The summed E-state index contributed by atoms with van der Waals surface area (Å²) in [4.78, 5) is 36.1. The van der Waals surface area contributed by atoms with Crippen molar-refractivity contribution < 1.29 is 32.2 Å². The monoisotopic (exact) mass is 524 g/mol. The van der Waals surface area contributed by atoms with Gasteiger partial charge < -0.3 is 19.7 Å². The van der Waals surface area contributed by atoms with Crippen molar-refractivity contribution in [2.75, 3.05) is 13.7 Å². The molecule has 3 aliphatic rings. The van der Waals surface area contributed by atoms with Gasteiger partial charge in [0.25, 0.3) is 0 Å². The average molecular weight is 525 g/mol. The van der Waals surface area contributed by atoms with Crippen LogP contribution in [0.5, 0.6) is 0 Å². The molecule has 2 unspecified atom stereocenters. The third-order valence-electron chi connectivity index (χ3n) is 6.10. The highest BCUT2D eigenvalue weighted by Gasteiger charge is 2.51. The van der Waals surface area contributed by atoms with Crippen LogP contribution < -0.4 is 5.32 Å². The van der Waals surface area contributed by atoms with Crippen molar-refractivity contribution in [2.45, 2.75) is 57.5 Å². The van der Waals surface area contributed by atoms with Crippen molar-refractivity contribution in [1.29, 1.82) is 0 Å². The number of alkyl carbamates (subject to hydrolysis) is 1. The fourth-order valence-electron chi connectivity index (χ4n) is 4.55. The van der Waals surface area contributed by atoms with Crippen molar-refractivity contribution in [1.82, 2.24) is 15.2 Å². The molecule has 1 aliphatic carbocycles. The van der Waals surface area contributed by atoms with Gasteiger partial charge in [0, 0.05) is 36.2 Å². The lowest BCUT2D eigenvalue weighted by molar-refractivity contribution is -0.136. The molecule has 0 bridgehead atoms. The maximum Gasteiger partial charge on any atom is 0.407 e. The van der Waals surface area contributed by atoms with Gasteiger partial charge in [0.1, 0.15) is 5.60 Å². The van der Waals surface area contributed by atoms with Crippen LogP contribution in [-0.4, -0.2) is 64.8 Å². The zero-order valence-electron chi connectivity index (χ0n) is 20.5. The second-order valence-electron chi connectivity index (χ2n) is 9.87. The number of thiazole rings is 1. The highest BCUT2D eigenvalue weighted by atomic mass is 32.1. The molecule has 8 nitrogen and oxygen atoms in total. The number of amides is 1. The number of carbonyl (C=O) groups excluding carboxylic acids is 2. The summed E-state index contributed by atoms with van der Waals surface area (Å²) in [5.41, 5.74) is -3.03. The minimum atomic E-state index is -2.77. The molecule has 36 heavy (non-hydrogen) atoms. The van der Waals surface area contributed by atoms with Crippen molar-refractivity contribution in [3.05, 3.63) is 51.7 Å². The molecule has 0 spiro atoms. The average Bonchev–Trinajstić information content (AvgIpc) is 3.45. The maximum atomic E-state index is 15.7. The largest absolute Gasteiger partial charge is 0.466 e. The Hall–Kier alpha value is -3.15. The van der Waals surface area contributed by atoms with E-state index in [9.17, 15) is 18.4 Å². The van der Waals surface area contributed by atoms with Crippen LogP contribution in [0.2, 0.25) is 0 Å². The van der Waals surface area contributed by atoms with Gasteiger partial charge in [0.2, 0.25) is 0 Å². The molecule has 194 valence electrons. The summed E-state index contributed by atoms with van der Waals surface area (Å²) in [6.45, 7) is 6.37. The normalized spacial score (nSPS) is 28.2. The smallest absolute Gasteiger partial charge is 0.407 e. The lowest BCUT2D eigenvalue weighted by Crippen LogP contribution is -2.46. The number of halogens is 3. The highest BCUT2D eigenvalue weighted by molar-refractivity contribution is 7.11. The number of nitrogens with zero attached hydrogens (tertiary/aromatic N) is 3. The van der Waals surface area contributed by atoms with Gasteiger partial charge in [0.15, 0.2) is 28.2 Å². The first-order valence-corrected chi connectivity index (χ1v) is 12.2. The summed E-state index contributed by atoms with van der Waals surface area (Å²) < 4.78 is 54.5. The number of nitrogens with one attached hydrogen (secondary N) is 1. The molecule has 1 fully saturated rings. The molecular weight excluding hydrogens is 497 g/mol. The number of amidine groups is 1. The first-order chi connectivity index (χ1) is 16.8. The van der Waals surface area contributed by atoms with E-state index in [4.69, 9.17) is 9.47 Å². The highest BCUT2D eigenvalue weighted by Crippen LogP contribution is 2.46. The first-order valence-electron chi connectivity index (χ1n) is 11.3. The van der Waals surface area contributed by atoms with E-state index in [1.807, 2.05) is 0 Å². The number of aliphatic imine (C=N–C) groups is 1. The number of ether oxygens (including phenoxy) is 2. The van der Waals surface area contributed by atoms with Crippen LogP contribution >= 0.6 is 11.3 Å². The quantitative estimate of drug-likeness (QED) is 0.589. The fourth-order valence-corrected chi connectivity index (χ4v) is 5.19. The number of carbonyl (C=O) groups is 2. The van der Waals surface area contributed by atoms with Gasteiger partial charge in [-0.15, -0.1) is 11.3 Å². The minimum absolute atomic E-state index is 0.0138. The van der Waals surface area contributed by atoms with Crippen molar-refractivity contribution >= 4 is 29.2 Å². The van der Waals surface area contributed by atoms with Crippen LogP contribution in [0, 0.1) is 5.92 Å². The molecule has 12 heteroatoms. The number of rotatable bonds is 4. The van der Waals surface area contributed by atoms with Crippen LogP contribution in [0.15, 0.2) is 51.6 Å². The number of alkyl halides is 1. The summed E-state index contributed by atoms with van der Waals surface area (Å²) in [5, 5.41) is 5.01. The summed E-state index contributed by atoms with van der Waals surface area (Å²) in [5.74, 6) is -4.65. The standard InChI is InChI=1S/C24H27F3N4O4S/c1-23(2,3)35-22(33)29-12-10-15-16(21(32)34-5)17(13-6-7-14(25)18(26)24(13,4)27)30-19(31(15)11-12)20-28-8-9-36-20/h6-9,12-13,17H,10-11H2,1-5H3,(H,29,33)/t12-,13?,17-,24?/m0/s1. The Labute approximate surface area is 210 Å². The predicted molar refractivity (Wildman–Crippen MR) is 127 cm³/mol. The van der Waals surface area contributed by atoms with Crippen molar-refractivity contribution in [2.24, 2.45) is 10.9 Å². The molecule has 1 aromatic rings. The number of allylic oxidation sites excluding steroid dienone is 3. The first kappa shape index (κ1) is 25.9. The third kappa shape index (κ3) is 4.78. The topological polar surface area (TPSA) is 93.1 Å². The van der Waals surface area contributed by atoms with Gasteiger partial charge >= 0.3 is 12.1 Å². The molecule has 0 aromatic carbocycles.